The lowest BCUT2D eigenvalue weighted by Crippen LogP contribution is -2.39. The minimum Gasteiger partial charge on any atom is -0.393 e. The second kappa shape index (κ2) is 2.97. The molecule has 3 fully saturated rings. The van der Waals surface area contributed by atoms with Crippen LogP contribution in [0.1, 0.15) is 46.5 Å². The zero-order chi connectivity index (χ0) is 12.6. The summed E-state index contributed by atoms with van der Waals surface area (Å²) in [5.74, 6) is 0.387. The first kappa shape index (κ1) is 11.7. The van der Waals surface area contributed by atoms with Crippen molar-refractivity contribution in [1.29, 1.82) is 0 Å². The fraction of sp³-hybridized carbons (Fsp3) is 0.867. The summed E-state index contributed by atoms with van der Waals surface area (Å²) in [5, 5.41) is 20.3. The van der Waals surface area contributed by atoms with Gasteiger partial charge in [0.1, 0.15) is 0 Å². The molecule has 2 N–H and O–H groups in total. The molecule has 3 saturated carbocycles. The number of hydrogen-bond donors (Lipinski definition) is 2. The summed E-state index contributed by atoms with van der Waals surface area (Å²) in [6.07, 6.45) is 3.21. The summed E-state index contributed by atoms with van der Waals surface area (Å²) >= 11 is 0. The molecule has 0 amide bonds. The van der Waals surface area contributed by atoms with Crippen molar-refractivity contribution in [1.82, 2.24) is 0 Å². The zero-order valence-electron chi connectivity index (χ0n) is 11.2. The third-order valence-electron chi connectivity index (χ3n) is 6.84. The molecule has 3 rings (SSSR count). The molecular weight excluding hydrogens is 212 g/mol. The molecule has 0 aromatic carbocycles. The van der Waals surface area contributed by atoms with Gasteiger partial charge in [0.15, 0.2) is 0 Å². The van der Waals surface area contributed by atoms with E-state index in [0.717, 1.165) is 31.3 Å². The maximum Gasteiger partial charge on any atom is 0.0755 e. The number of aliphatic hydroxyl groups is 2. The predicted octanol–water partition coefficient (Wildman–Crippen LogP) is 2.50. The minimum atomic E-state index is -0.338. The normalized spacial score (nSPS) is 61.7. The van der Waals surface area contributed by atoms with Gasteiger partial charge in [0.25, 0.3) is 0 Å². The third kappa shape index (κ3) is 1.09. The van der Waals surface area contributed by atoms with Gasteiger partial charge in [0.2, 0.25) is 0 Å². The van der Waals surface area contributed by atoms with Gasteiger partial charge >= 0.3 is 0 Å². The van der Waals surface area contributed by atoms with Crippen LogP contribution in [0, 0.1) is 22.2 Å². The first-order valence-corrected chi connectivity index (χ1v) is 6.78. The summed E-state index contributed by atoms with van der Waals surface area (Å²) in [6.45, 7) is 11.1. The van der Waals surface area contributed by atoms with Gasteiger partial charge in [0, 0.05) is 0 Å². The van der Waals surface area contributed by atoms with Gasteiger partial charge in [0.05, 0.1) is 12.2 Å². The van der Waals surface area contributed by atoms with Gasteiger partial charge in [-0.1, -0.05) is 27.4 Å². The smallest absolute Gasteiger partial charge is 0.0755 e. The van der Waals surface area contributed by atoms with E-state index in [-0.39, 0.29) is 28.5 Å². The van der Waals surface area contributed by atoms with Crippen molar-refractivity contribution in [3.63, 3.8) is 0 Å². The molecule has 3 aliphatic carbocycles. The monoisotopic (exact) mass is 236 g/mol. The molecule has 6 atom stereocenters. The fourth-order valence-corrected chi connectivity index (χ4v) is 5.49. The van der Waals surface area contributed by atoms with Crippen molar-refractivity contribution < 1.29 is 10.2 Å². The summed E-state index contributed by atoms with van der Waals surface area (Å²) in [6, 6.07) is 0. The van der Waals surface area contributed by atoms with Gasteiger partial charge in [-0.2, -0.15) is 0 Å². The van der Waals surface area contributed by atoms with E-state index in [4.69, 9.17) is 0 Å². The Hall–Kier alpha value is -0.340. The zero-order valence-corrected chi connectivity index (χ0v) is 11.2. The second-order valence-corrected chi connectivity index (χ2v) is 7.42. The van der Waals surface area contributed by atoms with E-state index in [2.05, 4.69) is 27.4 Å². The van der Waals surface area contributed by atoms with E-state index in [1.807, 2.05) is 0 Å². The van der Waals surface area contributed by atoms with E-state index in [9.17, 15) is 10.2 Å². The Labute approximate surface area is 104 Å². The lowest BCUT2D eigenvalue weighted by Gasteiger charge is -2.45. The molecule has 0 saturated heterocycles. The van der Waals surface area contributed by atoms with E-state index >= 15 is 0 Å². The summed E-state index contributed by atoms with van der Waals surface area (Å²) in [7, 11) is 0. The van der Waals surface area contributed by atoms with E-state index < -0.39 is 0 Å². The first-order chi connectivity index (χ1) is 7.73. The van der Waals surface area contributed by atoms with Crippen LogP contribution in [0.4, 0.5) is 0 Å². The van der Waals surface area contributed by atoms with Crippen molar-refractivity contribution >= 4 is 0 Å². The molecule has 0 aromatic rings. The molecule has 0 aromatic heterocycles. The van der Waals surface area contributed by atoms with Crippen molar-refractivity contribution in [2.75, 3.05) is 0 Å². The van der Waals surface area contributed by atoms with Gasteiger partial charge in [-0.05, 0) is 53.4 Å². The summed E-state index contributed by atoms with van der Waals surface area (Å²) in [4.78, 5) is 0. The Bertz CT molecular complexity index is 390. The van der Waals surface area contributed by atoms with Crippen LogP contribution in [0.2, 0.25) is 0 Å². The van der Waals surface area contributed by atoms with Gasteiger partial charge < -0.3 is 10.2 Å². The maximum atomic E-state index is 10.2. The van der Waals surface area contributed by atoms with Crippen LogP contribution in [0.3, 0.4) is 0 Å². The molecule has 0 radical (unpaired) electrons. The highest BCUT2D eigenvalue weighted by Crippen LogP contribution is 2.76. The van der Waals surface area contributed by atoms with Crippen LogP contribution in [-0.4, -0.2) is 22.4 Å². The van der Waals surface area contributed by atoms with Crippen LogP contribution >= 0.6 is 0 Å². The van der Waals surface area contributed by atoms with E-state index in [1.54, 1.807) is 0 Å². The standard InChI is InChI=1S/C15H24O2/c1-9-11-7-13(2,8-12(9)17)15(4)6-10(16)5-14(11,15)3/h10-12,16-17H,1,5-8H2,2-4H3/t10-,11-,12-,13+,14+,15-/m1/s1. The SMILES string of the molecule is C=C1[C@H](O)C[C@]2(C)C[C@H]1[C@]1(C)C[C@@H](O)C[C@]21C. The number of hydrogen-bond acceptors (Lipinski definition) is 2. The van der Waals surface area contributed by atoms with E-state index in [0.29, 0.717) is 5.92 Å². The number of rotatable bonds is 0. The Kier molecular flexibility index (Phi) is 2.05. The lowest BCUT2D eigenvalue weighted by atomic mass is 9.59. The molecule has 2 nitrogen and oxygen atoms in total. The molecule has 0 unspecified atom stereocenters. The summed E-state index contributed by atoms with van der Waals surface area (Å²) < 4.78 is 0. The molecule has 3 aliphatic rings. The van der Waals surface area contributed by atoms with Crippen LogP contribution in [0.5, 0.6) is 0 Å². The van der Waals surface area contributed by atoms with Gasteiger partial charge in [-0.25, -0.2) is 0 Å². The van der Waals surface area contributed by atoms with Crippen molar-refractivity contribution in [2.24, 2.45) is 22.2 Å². The van der Waals surface area contributed by atoms with Gasteiger partial charge in [-0.3, -0.25) is 0 Å². The largest absolute Gasteiger partial charge is 0.393 e. The topological polar surface area (TPSA) is 40.5 Å². The van der Waals surface area contributed by atoms with Crippen molar-refractivity contribution in [3.8, 4) is 0 Å². The maximum absolute atomic E-state index is 10.2. The highest BCUT2D eigenvalue weighted by atomic mass is 16.3. The van der Waals surface area contributed by atoms with Crippen molar-refractivity contribution in [3.05, 3.63) is 12.2 Å². The average molecular weight is 236 g/mol. The molecule has 0 spiro atoms. The number of aliphatic hydroxyl groups excluding tert-OH is 2. The third-order valence-corrected chi connectivity index (χ3v) is 6.84. The fourth-order valence-electron chi connectivity index (χ4n) is 5.49. The van der Waals surface area contributed by atoms with Gasteiger partial charge in [-0.15, -0.1) is 0 Å². The highest BCUT2D eigenvalue weighted by Gasteiger charge is 2.71. The second-order valence-electron chi connectivity index (χ2n) is 7.42. The van der Waals surface area contributed by atoms with Crippen LogP contribution < -0.4 is 0 Å². The first-order valence-electron chi connectivity index (χ1n) is 6.78. The average Bonchev–Trinajstić information content (AvgIpc) is 2.51. The molecule has 2 heteroatoms. The molecule has 96 valence electrons. The molecular formula is C15H24O2. The quantitative estimate of drug-likeness (QED) is 0.634. The number of fused-ring (bicyclic) bond motifs is 5. The Balaban J connectivity index is 2.15. The lowest BCUT2D eigenvalue weighted by molar-refractivity contribution is 0.00652. The minimum absolute atomic E-state index is 0.121. The Morgan fingerprint density at radius 1 is 1.06 bits per heavy atom. The van der Waals surface area contributed by atoms with E-state index in [1.165, 1.54) is 0 Å². The summed E-state index contributed by atoms with van der Waals surface area (Å²) in [5.41, 5.74) is 1.44. The predicted molar refractivity (Wildman–Crippen MR) is 67.4 cm³/mol. The molecule has 0 heterocycles. The molecule has 2 bridgehead atoms. The molecule has 0 aliphatic heterocycles. The van der Waals surface area contributed by atoms with Crippen LogP contribution in [0.15, 0.2) is 12.2 Å². The Morgan fingerprint density at radius 3 is 2.35 bits per heavy atom. The molecule has 17 heavy (non-hydrogen) atoms. The Morgan fingerprint density at radius 2 is 1.71 bits per heavy atom. The highest BCUT2D eigenvalue weighted by molar-refractivity contribution is 5.30. The van der Waals surface area contributed by atoms with Crippen molar-refractivity contribution in [2.45, 2.75) is 58.7 Å². The van der Waals surface area contributed by atoms with Crippen LogP contribution in [0.25, 0.3) is 0 Å². The van der Waals surface area contributed by atoms with Crippen LogP contribution in [-0.2, 0) is 0 Å².